The van der Waals surface area contributed by atoms with Crippen LogP contribution >= 0.6 is 0 Å². The highest BCUT2D eigenvalue weighted by atomic mass is 35.5. The van der Waals surface area contributed by atoms with Gasteiger partial charge >= 0.3 is 0 Å². The highest BCUT2D eigenvalue weighted by molar-refractivity contribution is 5.78. The molecule has 0 bridgehead atoms. The second-order valence-electron chi connectivity index (χ2n) is 6.00. The van der Waals surface area contributed by atoms with Gasteiger partial charge in [-0.25, -0.2) is 0 Å². The maximum absolute atomic E-state index is 12.2. The predicted octanol–water partition coefficient (Wildman–Crippen LogP) is -0.803. The van der Waals surface area contributed by atoms with Gasteiger partial charge in [-0.15, -0.1) is 0 Å². The normalized spacial score (nSPS) is 16.7. The smallest absolute Gasteiger partial charge is 0.234 e. The van der Waals surface area contributed by atoms with Gasteiger partial charge in [-0.3, -0.25) is 9.69 Å². The van der Waals surface area contributed by atoms with Crippen molar-refractivity contribution in [1.82, 2.24) is 10.2 Å². The van der Waals surface area contributed by atoms with Gasteiger partial charge < -0.3 is 22.5 Å². The van der Waals surface area contributed by atoms with Gasteiger partial charge in [0.1, 0.15) is 0 Å². The number of ether oxygens (including phenoxy) is 1. The van der Waals surface area contributed by atoms with Crippen LogP contribution in [0.2, 0.25) is 0 Å². The van der Waals surface area contributed by atoms with E-state index in [4.69, 9.17) is 4.74 Å². The number of nitrogens with zero attached hydrogens (tertiary/aromatic N) is 1. The van der Waals surface area contributed by atoms with Crippen molar-refractivity contribution in [2.75, 3.05) is 39.4 Å². The molecule has 0 aliphatic carbocycles. The van der Waals surface area contributed by atoms with Gasteiger partial charge in [0.15, 0.2) is 0 Å². The van der Waals surface area contributed by atoms with Crippen LogP contribution in [-0.4, -0.2) is 50.2 Å². The number of likely N-dealkylation sites (N-methyl/N-ethyl adjacent to an activating group) is 1. The van der Waals surface area contributed by atoms with Crippen LogP contribution < -0.4 is 17.7 Å². The monoisotopic (exact) mass is 339 g/mol. The van der Waals surface area contributed by atoms with E-state index in [1.807, 2.05) is 6.07 Å². The fourth-order valence-corrected chi connectivity index (χ4v) is 3.10. The first-order valence-electron chi connectivity index (χ1n) is 8.32. The van der Waals surface area contributed by atoms with E-state index in [9.17, 15) is 4.79 Å². The lowest BCUT2D eigenvalue weighted by Gasteiger charge is -2.38. The third-order valence-corrected chi connectivity index (χ3v) is 4.72. The fraction of sp³-hybridized carbons (Fsp3) is 0.611. The van der Waals surface area contributed by atoms with E-state index >= 15 is 0 Å². The maximum Gasteiger partial charge on any atom is 0.234 e. The van der Waals surface area contributed by atoms with Crippen molar-refractivity contribution in [2.45, 2.75) is 32.1 Å². The van der Waals surface area contributed by atoms with Gasteiger partial charge in [0.25, 0.3) is 0 Å². The van der Waals surface area contributed by atoms with Gasteiger partial charge in [-0.2, -0.15) is 0 Å². The number of halogens is 1. The molecule has 0 atom stereocenters. The summed E-state index contributed by atoms with van der Waals surface area (Å²) in [7, 11) is 0. The molecule has 1 N–H and O–H groups in total. The third-order valence-electron chi connectivity index (χ3n) is 4.72. The molecule has 0 saturated carbocycles. The van der Waals surface area contributed by atoms with Crippen LogP contribution in [0.25, 0.3) is 0 Å². The van der Waals surface area contributed by atoms with Crippen molar-refractivity contribution in [2.24, 2.45) is 0 Å². The summed E-state index contributed by atoms with van der Waals surface area (Å²) >= 11 is 0. The summed E-state index contributed by atoms with van der Waals surface area (Å²) in [6, 6.07) is 10.5. The Labute approximate surface area is 146 Å². The van der Waals surface area contributed by atoms with Crippen LogP contribution in [0, 0.1) is 0 Å². The molecule has 0 radical (unpaired) electrons. The number of benzene rings is 1. The number of hydrogen-bond acceptors (Lipinski definition) is 3. The Hall–Kier alpha value is -1.10. The number of carbonyl (C=O) groups is 1. The van der Waals surface area contributed by atoms with Crippen molar-refractivity contribution in [3.63, 3.8) is 0 Å². The molecule has 0 aromatic heterocycles. The molecule has 4 nitrogen and oxygen atoms in total. The summed E-state index contributed by atoms with van der Waals surface area (Å²) in [6.07, 6.45) is 1.92. The topological polar surface area (TPSA) is 41.6 Å². The largest absolute Gasteiger partial charge is 1.00 e. The highest BCUT2D eigenvalue weighted by Crippen LogP contribution is 2.34. The predicted molar refractivity (Wildman–Crippen MR) is 89.0 cm³/mol. The van der Waals surface area contributed by atoms with Gasteiger partial charge in [-0.05, 0) is 31.5 Å². The minimum atomic E-state index is 0. The molecular formula is C18H28ClN2O2-. The van der Waals surface area contributed by atoms with Crippen molar-refractivity contribution in [1.29, 1.82) is 0 Å². The molecule has 5 heteroatoms. The van der Waals surface area contributed by atoms with E-state index in [2.05, 4.69) is 48.3 Å². The molecule has 2 rings (SSSR count). The first kappa shape index (κ1) is 19.9. The van der Waals surface area contributed by atoms with E-state index < -0.39 is 0 Å². The quantitative estimate of drug-likeness (QED) is 0.707. The zero-order valence-electron chi connectivity index (χ0n) is 14.2. The molecule has 0 spiro atoms. The first-order chi connectivity index (χ1) is 10.7. The Kier molecular flexibility index (Phi) is 8.59. The second kappa shape index (κ2) is 9.91. The highest BCUT2D eigenvalue weighted by Gasteiger charge is 2.34. The van der Waals surface area contributed by atoms with Gasteiger partial charge in [0, 0.05) is 25.2 Å². The SMILES string of the molecule is CCN(CC)CC(=O)NCC1(c2ccccc2)CCOCC1.[Cl-]. The van der Waals surface area contributed by atoms with Crippen molar-refractivity contribution >= 4 is 5.91 Å². The number of nitrogens with one attached hydrogen (secondary N) is 1. The molecule has 1 saturated heterocycles. The lowest BCUT2D eigenvalue weighted by molar-refractivity contribution is -0.122. The molecule has 23 heavy (non-hydrogen) atoms. The van der Waals surface area contributed by atoms with Gasteiger partial charge in [0.2, 0.25) is 5.91 Å². The Morgan fingerprint density at radius 1 is 1.17 bits per heavy atom. The van der Waals surface area contributed by atoms with Crippen LogP contribution in [-0.2, 0) is 14.9 Å². The van der Waals surface area contributed by atoms with E-state index in [1.165, 1.54) is 5.56 Å². The van der Waals surface area contributed by atoms with Crippen molar-refractivity contribution in [3.05, 3.63) is 35.9 Å². The van der Waals surface area contributed by atoms with Crippen molar-refractivity contribution in [3.8, 4) is 0 Å². The Balaban J connectivity index is 0.00000264. The van der Waals surface area contributed by atoms with Gasteiger partial charge in [-0.1, -0.05) is 44.2 Å². The standard InChI is InChI=1S/C18H28N2O2.ClH/c1-3-20(4-2)14-17(21)19-15-18(10-12-22-13-11-18)16-8-6-5-7-9-16;/h5-9H,3-4,10-15H2,1-2H3,(H,19,21);1H/p-1. The Morgan fingerprint density at radius 3 is 2.35 bits per heavy atom. The molecule has 1 fully saturated rings. The lowest BCUT2D eigenvalue weighted by Crippen LogP contribution is -3.00. The third kappa shape index (κ3) is 5.48. The Morgan fingerprint density at radius 2 is 1.78 bits per heavy atom. The molecule has 1 aromatic carbocycles. The van der Waals surface area contributed by atoms with Crippen molar-refractivity contribution < 1.29 is 21.9 Å². The van der Waals surface area contributed by atoms with Crippen LogP contribution in [0.3, 0.4) is 0 Å². The molecule has 1 amide bonds. The van der Waals surface area contributed by atoms with E-state index in [0.29, 0.717) is 13.1 Å². The summed E-state index contributed by atoms with van der Waals surface area (Å²) in [5.41, 5.74) is 1.32. The van der Waals surface area contributed by atoms with Crippen LogP contribution in [0.4, 0.5) is 0 Å². The molecule has 1 aromatic rings. The lowest BCUT2D eigenvalue weighted by atomic mass is 9.74. The van der Waals surface area contributed by atoms with E-state index in [0.717, 1.165) is 39.1 Å². The fourth-order valence-electron chi connectivity index (χ4n) is 3.10. The van der Waals surface area contributed by atoms with Crippen LogP contribution in [0.5, 0.6) is 0 Å². The zero-order chi connectivity index (χ0) is 15.8. The average molecular weight is 340 g/mol. The minimum absolute atomic E-state index is 0. The summed E-state index contributed by atoms with van der Waals surface area (Å²) in [5.74, 6) is 0.116. The average Bonchev–Trinajstić information content (AvgIpc) is 2.59. The molecule has 0 unspecified atom stereocenters. The molecule has 1 aliphatic rings. The minimum Gasteiger partial charge on any atom is -1.00 e. The zero-order valence-corrected chi connectivity index (χ0v) is 14.9. The number of rotatable bonds is 7. The second-order valence-corrected chi connectivity index (χ2v) is 6.00. The van der Waals surface area contributed by atoms with E-state index in [1.54, 1.807) is 0 Å². The maximum atomic E-state index is 12.2. The van der Waals surface area contributed by atoms with E-state index in [-0.39, 0.29) is 23.7 Å². The Bertz CT molecular complexity index is 457. The summed E-state index contributed by atoms with van der Waals surface area (Å²) < 4.78 is 5.53. The molecule has 1 aliphatic heterocycles. The summed E-state index contributed by atoms with van der Waals surface area (Å²) in [5, 5.41) is 3.15. The number of amides is 1. The van der Waals surface area contributed by atoms with Gasteiger partial charge in [0.05, 0.1) is 6.54 Å². The molecular weight excluding hydrogens is 312 g/mol. The van der Waals surface area contributed by atoms with Crippen LogP contribution in [0.15, 0.2) is 30.3 Å². The summed E-state index contributed by atoms with van der Waals surface area (Å²) in [4.78, 5) is 14.3. The molecule has 130 valence electrons. The number of carbonyl (C=O) groups excluding carboxylic acids is 1. The summed E-state index contributed by atoms with van der Waals surface area (Å²) in [6.45, 7) is 8.68. The number of hydrogen-bond donors (Lipinski definition) is 1. The molecule has 1 heterocycles. The first-order valence-corrected chi connectivity index (χ1v) is 8.32. The van der Waals surface area contributed by atoms with Crippen LogP contribution in [0.1, 0.15) is 32.3 Å².